The second-order valence-electron chi connectivity index (χ2n) is 7.74. The molecule has 146 valence electrons. The maximum Gasteiger partial charge on any atom is 0.242 e. The standard InChI is InChI=1S/C21H28N2O4/c1-26-17-6-4-5-16-8-14-27-21(20(16)17)9-12-22(13-10-21)19(25)15-23-11-3-2-7-18(23)24/h4-6H,2-3,7-15H2,1H3. The van der Waals surface area contributed by atoms with Gasteiger partial charge in [0.25, 0.3) is 0 Å². The first-order valence-corrected chi connectivity index (χ1v) is 9.99. The smallest absolute Gasteiger partial charge is 0.242 e. The Hall–Kier alpha value is -2.08. The van der Waals surface area contributed by atoms with Crippen LogP contribution in [0.4, 0.5) is 0 Å². The Morgan fingerprint density at radius 3 is 2.74 bits per heavy atom. The van der Waals surface area contributed by atoms with Gasteiger partial charge in [-0.2, -0.15) is 0 Å². The van der Waals surface area contributed by atoms with Crippen LogP contribution in [-0.4, -0.2) is 61.5 Å². The van der Waals surface area contributed by atoms with Gasteiger partial charge in [-0.25, -0.2) is 0 Å². The fourth-order valence-electron chi connectivity index (χ4n) is 4.70. The molecule has 2 amide bonds. The van der Waals surface area contributed by atoms with Gasteiger partial charge < -0.3 is 19.3 Å². The molecule has 1 spiro atoms. The maximum atomic E-state index is 12.7. The second-order valence-corrected chi connectivity index (χ2v) is 7.74. The number of nitrogens with zero attached hydrogens (tertiary/aromatic N) is 2. The van der Waals surface area contributed by atoms with E-state index in [-0.39, 0.29) is 24.0 Å². The van der Waals surface area contributed by atoms with Crippen molar-refractivity contribution in [2.45, 2.75) is 44.1 Å². The van der Waals surface area contributed by atoms with Gasteiger partial charge in [0, 0.05) is 31.6 Å². The van der Waals surface area contributed by atoms with E-state index in [9.17, 15) is 9.59 Å². The molecule has 0 atom stereocenters. The monoisotopic (exact) mass is 372 g/mol. The number of rotatable bonds is 3. The summed E-state index contributed by atoms with van der Waals surface area (Å²) in [6, 6.07) is 6.18. The topological polar surface area (TPSA) is 59.1 Å². The number of likely N-dealkylation sites (tertiary alicyclic amines) is 2. The summed E-state index contributed by atoms with van der Waals surface area (Å²) in [5.74, 6) is 1.04. The first kappa shape index (κ1) is 18.3. The van der Waals surface area contributed by atoms with Gasteiger partial charge in [0.05, 0.1) is 20.3 Å². The number of amides is 2. The average molecular weight is 372 g/mol. The van der Waals surface area contributed by atoms with E-state index in [1.165, 1.54) is 5.56 Å². The number of carbonyl (C=O) groups is 2. The van der Waals surface area contributed by atoms with Gasteiger partial charge in [0.2, 0.25) is 11.8 Å². The van der Waals surface area contributed by atoms with Crippen LogP contribution in [0.3, 0.4) is 0 Å². The molecule has 0 aliphatic carbocycles. The lowest BCUT2D eigenvalue weighted by Gasteiger charge is -2.45. The minimum absolute atomic E-state index is 0.0520. The number of benzene rings is 1. The number of methoxy groups -OCH3 is 1. The zero-order valence-corrected chi connectivity index (χ0v) is 16.0. The average Bonchev–Trinajstić information content (AvgIpc) is 2.70. The highest BCUT2D eigenvalue weighted by atomic mass is 16.5. The molecule has 6 nitrogen and oxygen atoms in total. The van der Waals surface area contributed by atoms with E-state index in [1.807, 2.05) is 17.0 Å². The number of hydrogen-bond donors (Lipinski definition) is 0. The quantitative estimate of drug-likeness (QED) is 0.815. The summed E-state index contributed by atoms with van der Waals surface area (Å²) in [6.07, 6.45) is 4.93. The molecule has 3 aliphatic rings. The van der Waals surface area contributed by atoms with Crippen molar-refractivity contribution < 1.29 is 19.1 Å². The van der Waals surface area contributed by atoms with Gasteiger partial charge >= 0.3 is 0 Å². The Labute approximate surface area is 160 Å². The summed E-state index contributed by atoms with van der Waals surface area (Å²) < 4.78 is 11.9. The van der Waals surface area contributed by atoms with Crippen molar-refractivity contribution in [3.8, 4) is 5.75 Å². The molecule has 3 heterocycles. The summed E-state index contributed by atoms with van der Waals surface area (Å²) in [7, 11) is 1.70. The first-order valence-electron chi connectivity index (χ1n) is 9.99. The van der Waals surface area contributed by atoms with Crippen molar-refractivity contribution in [1.82, 2.24) is 9.80 Å². The molecule has 6 heteroatoms. The molecule has 0 aromatic heterocycles. The van der Waals surface area contributed by atoms with E-state index in [4.69, 9.17) is 9.47 Å². The number of carbonyl (C=O) groups excluding carboxylic acids is 2. The van der Waals surface area contributed by atoms with Crippen LogP contribution >= 0.6 is 0 Å². The van der Waals surface area contributed by atoms with Crippen LogP contribution in [0, 0.1) is 0 Å². The number of ether oxygens (including phenoxy) is 2. The zero-order valence-electron chi connectivity index (χ0n) is 16.0. The van der Waals surface area contributed by atoms with Crippen LogP contribution in [0.1, 0.15) is 43.2 Å². The molecule has 4 rings (SSSR count). The summed E-state index contributed by atoms with van der Waals surface area (Å²) in [6.45, 7) is 2.93. The number of piperidine rings is 2. The van der Waals surface area contributed by atoms with Crippen molar-refractivity contribution in [2.75, 3.05) is 39.9 Å². The summed E-state index contributed by atoms with van der Waals surface area (Å²) in [5.41, 5.74) is 2.09. The van der Waals surface area contributed by atoms with Crippen molar-refractivity contribution in [1.29, 1.82) is 0 Å². The van der Waals surface area contributed by atoms with Crippen LogP contribution in [0.25, 0.3) is 0 Å². The molecule has 1 aromatic rings. The fraction of sp³-hybridized carbons (Fsp3) is 0.619. The Kier molecular flexibility index (Phi) is 5.08. The SMILES string of the molecule is COc1cccc2c1C1(CCN(C(=O)CN3CCCCC3=O)CC1)OCC2. The maximum absolute atomic E-state index is 12.7. The lowest BCUT2D eigenvalue weighted by Crippen LogP contribution is -2.51. The van der Waals surface area contributed by atoms with Crippen LogP contribution in [-0.2, 0) is 26.3 Å². The Bertz CT molecular complexity index is 711. The predicted octanol–water partition coefficient (Wildman–Crippen LogP) is 2.10. The predicted molar refractivity (Wildman–Crippen MR) is 101 cm³/mol. The molecule has 0 saturated carbocycles. The third-order valence-electron chi connectivity index (χ3n) is 6.21. The second kappa shape index (κ2) is 7.50. The molecule has 2 saturated heterocycles. The molecule has 3 aliphatic heterocycles. The molecule has 0 N–H and O–H groups in total. The number of hydrogen-bond acceptors (Lipinski definition) is 4. The third-order valence-corrected chi connectivity index (χ3v) is 6.21. The van der Waals surface area contributed by atoms with Crippen molar-refractivity contribution in [3.05, 3.63) is 29.3 Å². The normalized spacial score (nSPS) is 21.9. The molecule has 2 fully saturated rings. The van der Waals surface area contributed by atoms with Gasteiger partial charge in [-0.3, -0.25) is 9.59 Å². The largest absolute Gasteiger partial charge is 0.496 e. The molecular formula is C21H28N2O4. The lowest BCUT2D eigenvalue weighted by atomic mass is 9.78. The summed E-state index contributed by atoms with van der Waals surface area (Å²) in [4.78, 5) is 28.3. The van der Waals surface area contributed by atoms with Gasteiger partial charge in [-0.15, -0.1) is 0 Å². The Morgan fingerprint density at radius 1 is 1.19 bits per heavy atom. The molecule has 27 heavy (non-hydrogen) atoms. The highest BCUT2D eigenvalue weighted by Crippen LogP contribution is 2.45. The van der Waals surface area contributed by atoms with E-state index in [0.717, 1.165) is 43.4 Å². The molecular weight excluding hydrogens is 344 g/mol. The number of fused-ring (bicyclic) bond motifs is 2. The summed E-state index contributed by atoms with van der Waals surface area (Å²) in [5, 5.41) is 0. The lowest BCUT2D eigenvalue weighted by molar-refractivity contribution is -0.147. The zero-order chi connectivity index (χ0) is 18.9. The van der Waals surface area contributed by atoms with Gasteiger partial charge in [0.15, 0.2) is 0 Å². The van der Waals surface area contributed by atoms with Crippen molar-refractivity contribution in [3.63, 3.8) is 0 Å². The van der Waals surface area contributed by atoms with Crippen molar-refractivity contribution >= 4 is 11.8 Å². The van der Waals surface area contributed by atoms with Crippen LogP contribution in [0.5, 0.6) is 5.75 Å². The van der Waals surface area contributed by atoms with E-state index >= 15 is 0 Å². The minimum Gasteiger partial charge on any atom is -0.496 e. The Balaban J connectivity index is 1.45. The van der Waals surface area contributed by atoms with E-state index in [0.29, 0.717) is 32.7 Å². The van der Waals surface area contributed by atoms with E-state index in [2.05, 4.69) is 6.07 Å². The van der Waals surface area contributed by atoms with Gasteiger partial charge in [0.1, 0.15) is 11.4 Å². The van der Waals surface area contributed by atoms with Crippen LogP contribution in [0.15, 0.2) is 18.2 Å². The van der Waals surface area contributed by atoms with Crippen molar-refractivity contribution in [2.24, 2.45) is 0 Å². The molecule has 0 radical (unpaired) electrons. The molecule has 0 unspecified atom stereocenters. The minimum atomic E-state index is -0.363. The van der Waals surface area contributed by atoms with E-state index < -0.39 is 0 Å². The van der Waals surface area contributed by atoms with E-state index in [1.54, 1.807) is 12.0 Å². The highest BCUT2D eigenvalue weighted by Gasteiger charge is 2.43. The highest BCUT2D eigenvalue weighted by molar-refractivity contribution is 5.85. The van der Waals surface area contributed by atoms with Crippen LogP contribution < -0.4 is 4.74 Å². The van der Waals surface area contributed by atoms with Crippen LogP contribution in [0.2, 0.25) is 0 Å². The fourth-order valence-corrected chi connectivity index (χ4v) is 4.70. The first-order chi connectivity index (χ1) is 13.1. The van der Waals surface area contributed by atoms with Gasteiger partial charge in [-0.1, -0.05) is 12.1 Å². The third kappa shape index (κ3) is 3.43. The van der Waals surface area contributed by atoms with Gasteiger partial charge in [-0.05, 0) is 43.7 Å². The molecule has 0 bridgehead atoms. The summed E-state index contributed by atoms with van der Waals surface area (Å²) >= 11 is 0. The molecule has 1 aromatic carbocycles. The Morgan fingerprint density at radius 2 is 2.00 bits per heavy atom.